The molecule has 2 amide bonds. The summed E-state index contributed by atoms with van der Waals surface area (Å²) in [6.07, 6.45) is 3.80. The number of nitrogens with zero attached hydrogens (tertiary/aromatic N) is 1. The smallest absolute Gasteiger partial charge is 0.317 e. The van der Waals surface area contributed by atoms with E-state index in [1.807, 2.05) is 4.90 Å². The molecule has 7 nitrogen and oxygen atoms in total. The first-order valence-corrected chi connectivity index (χ1v) is 9.65. The van der Waals surface area contributed by atoms with Crippen molar-refractivity contribution in [1.82, 2.24) is 15.5 Å². The van der Waals surface area contributed by atoms with Gasteiger partial charge in [-0.1, -0.05) is 12.1 Å². The largest absolute Gasteiger partial charge is 0.480 e. The first-order chi connectivity index (χ1) is 13.4. The third kappa shape index (κ3) is 6.30. The molecule has 0 saturated heterocycles. The molecule has 2 fully saturated rings. The Labute approximate surface area is 163 Å². The van der Waals surface area contributed by atoms with E-state index in [1.165, 1.54) is 31.0 Å². The van der Waals surface area contributed by atoms with E-state index in [9.17, 15) is 18.8 Å². The Morgan fingerprint density at radius 2 is 1.93 bits per heavy atom. The van der Waals surface area contributed by atoms with E-state index in [0.717, 1.165) is 19.4 Å². The predicted octanol–water partition coefficient (Wildman–Crippen LogP) is 0.928. The normalized spacial score (nSPS) is 21.1. The molecule has 0 aromatic heterocycles. The van der Waals surface area contributed by atoms with Gasteiger partial charge in [0.2, 0.25) is 11.8 Å². The van der Waals surface area contributed by atoms with Crippen molar-refractivity contribution in [2.75, 3.05) is 19.6 Å². The Morgan fingerprint density at radius 3 is 2.57 bits per heavy atom. The van der Waals surface area contributed by atoms with Crippen molar-refractivity contribution in [2.24, 2.45) is 5.92 Å². The molecule has 0 spiro atoms. The Balaban J connectivity index is 1.34. The highest BCUT2D eigenvalue weighted by atomic mass is 19.1. The van der Waals surface area contributed by atoms with Crippen LogP contribution in [0.4, 0.5) is 4.39 Å². The number of hydrogen-bond donors (Lipinski definition) is 3. The quantitative estimate of drug-likeness (QED) is 0.551. The van der Waals surface area contributed by atoms with Crippen molar-refractivity contribution in [3.05, 3.63) is 35.6 Å². The fraction of sp³-hybridized carbons (Fsp3) is 0.550. The molecule has 0 unspecified atom stereocenters. The summed E-state index contributed by atoms with van der Waals surface area (Å²) in [6.45, 7) is 0.724. The number of carbonyl (C=O) groups is 3. The van der Waals surface area contributed by atoms with Crippen LogP contribution in [0.5, 0.6) is 0 Å². The van der Waals surface area contributed by atoms with Gasteiger partial charge >= 0.3 is 5.97 Å². The number of nitrogens with one attached hydrogen (secondary N) is 2. The van der Waals surface area contributed by atoms with Crippen molar-refractivity contribution < 1.29 is 23.9 Å². The molecular formula is C20H26FN3O4. The minimum atomic E-state index is -0.825. The molecule has 0 heterocycles. The second-order valence-electron chi connectivity index (χ2n) is 7.74. The van der Waals surface area contributed by atoms with Crippen molar-refractivity contribution in [2.45, 2.75) is 44.2 Å². The third-order valence-corrected chi connectivity index (χ3v) is 5.22. The van der Waals surface area contributed by atoms with Gasteiger partial charge in [0.15, 0.2) is 0 Å². The van der Waals surface area contributed by atoms with Crippen LogP contribution in [0.2, 0.25) is 0 Å². The second kappa shape index (κ2) is 9.14. The van der Waals surface area contributed by atoms with Crippen molar-refractivity contribution in [3.8, 4) is 0 Å². The molecule has 152 valence electrons. The van der Waals surface area contributed by atoms with Gasteiger partial charge in [-0.05, 0) is 49.3 Å². The molecule has 2 aliphatic carbocycles. The Hall–Kier alpha value is -2.48. The first-order valence-electron chi connectivity index (χ1n) is 9.65. The van der Waals surface area contributed by atoms with Gasteiger partial charge in [-0.3, -0.25) is 19.3 Å². The Morgan fingerprint density at radius 1 is 1.18 bits per heavy atom. The number of carbonyl (C=O) groups excluding carboxylic acids is 2. The number of carboxylic acids is 1. The summed E-state index contributed by atoms with van der Waals surface area (Å²) < 4.78 is 13.1. The molecular weight excluding hydrogens is 365 g/mol. The van der Waals surface area contributed by atoms with Crippen LogP contribution >= 0.6 is 0 Å². The van der Waals surface area contributed by atoms with E-state index in [1.54, 1.807) is 6.07 Å². The maximum Gasteiger partial charge on any atom is 0.317 e. The van der Waals surface area contributed by atoms with E-state index in [4.69, 9.17) is 5.11 Å². The maximum absolute atomic E-state index is 13.1. The minimum absolute atomic E-state index is 0.00752. The molecule has 2 aliphatic rings. The molecule has 0 radical (unpaired) electrons. The number of benzene rings is 1. The molecule has 2 saturated carbocycles. The van der Waals surface area contributed by atoms with Crippen LogP contribution in [-0.4, -0.2) is 59.5 Å². The zero-order valence-electron chi connectivity index (χ0n) is 15.7. The van der Waals surface area contributed by atoms with Gasteiger partial charge in [-0.15, -0.1) is 0 Å². The summed E-state index contributed by atoms with van der Waals surface area (Å²) in [5.41, 5.74) is 0.550. The number of carboxylic acid groups (broad SMARTS) is 1. The fourth-order valence-electron chi connectivity index (χ4n) is 3.50. The van der Waals surface area contributed by atoms with Crippen molar-refractivity contribution in [1.29, 1.82) is 0 Å². The summed E-state index contributed by atoms with van der Waals surface area (Å²) in [7, 11) is 0. The summed E-state index contributed by atoms with van der Waals surface area (Å²) in [6, 6.07) is 5.98. The molecule has 0 atom stereocenters. The number of rotatable bonds is 10. The molecule has 0 aliphatic heterocycles. The van der Waals surface area contributed by atoms with Gasteiger partial charge in [0.25, 0.3) is 0 Å². The molecule has 1 aromatic rings. The third-order valence-electron chi connectivity index (χ3n) is 5.22. The average Bonchev–Trinajstić information content (AvgIpc) is 3.39. The van der Waals surface area contributed by atoms with Gasteiger partial charge in [0, 0.05) is 18.6 Å². The van der Waals surface area contributed by atoms with Gasteiger partial charge < -0.3 is 15.7 Å². The highest BCUT2D eigenvalue weighted by Gasteiger charge is 2.37. The highest BCUT2D eigenvalue weighted by Crippen LogP contribution is 2.33. The van der Waals surface area contributed by atoms with Crippen LogP contribution in [0.25, 0.3) is 0 Å². The summed E-state index contributed by atoms with van der Waals surface area (Å²) in [4.78, 5) is 36.9. The van der Waals surface area contributed by atoms with E-state index in [2.05, 4.69) is 10.6 Å². The molecule has 28 heavy (non-hydrogen) atoms. The van der Waals surface area contributed by atoms with Gasteiger partial charge in [0.05, 0.1) is 19.5 Å². The number of hydrogen-bond acceptors (Lipinski definition) is 4. The summed E-state index contributed by atoms with van der Waals surface area (Å²) >= 11 is 0. The Kier molecular flexibility index (Phi) is 6.61. The van der Waals surface area contributed by atoms with Crippen molar-refractivity contribution >= 4 is 17.8 Å². The zero-order chi connectivity index (χ0) is 20.1. The van der Waals surface area contributed by atoms with E-state index in [-0.39, 0.29) is 43.4 Å². The fourth-order valence-corrected chi connectivity index (χ4v) is 3.50. The van der Waals surface area contributed by atoms with Crippen LogP contribution in [0.15, 0.2) is 24.3 Å². The van der Waals surface area contributed by atoms with Crippen molar-refractivity contribution in [3.63, 3.8) is 0 Å². The lowest BCUT2D eigenvalue weighted by molar-refractivity contribution is -0.140. The molecule has 3 N–H and O–H groups in total. The summed E-state index contributed by atoms with van der Waals surface area (Å²) in [5, 5.41) is 14.5. The Bertz CT molecular complexity index is 732. The first kappa shape index (κ1) is 20.3. The molecule has 1 aromatic carbocycles. The molecule has 8 heteroatoms. The lowest BCUT2D eigenvalue weighted by Crippen LogP contribution is -2.56. The average molecular weight is 391 g/mol. The highest BCUT2D eigenvalue weighted by molar-refractivity contribution is 5.85. The topological polar surface area (TPSA) is 98.7 Å². The SMILES string of the molecule is O=C(O)CN(CC1CC1)C1CC(NC(=O)CNC(=O)Cc2cccc(F)c2)C1. The second-order valence-corrected chi connectivity index (χ2v) is 7.74. The van der Waals surface area contributed by atoms with Crippen LogP contribution in [0.1, 0.15) is 31.2 Å². The minimum Gasteiger partial charge on any atom is -0.480 e. The van der Waals surface area contributed by atoms with E-state index < -0.39 is 11.8 Å². The monoisotopic (exact) mass is 391 g/mol. The number of amides is 2. The van der Waals surface area contributed by atoms with Crippen LogP contribution < -0.4 is 10.6 Å². The number of aliphatic carboxylic acids is 1. The standard InChI is InChI=1S/C20H26FN3O4/c21-15-3-1-2-14(6-15)7-18(25)22-10-19(26)23-16-8-17(9-16)24(12-20(27)28)11-13-4-5-13/h1-3,6,13,16-17H,4-5,7-12H2,(H,22,25)(H,23,26)(H,27,28). The lowest BCUT2D eigenvalue weighted by Gasteiger charge is -2.42. The van der Waals surface area contributed by atoms with Gasteiger partial charge in [0.1, 0.15) is 5.82 Å². The van der Waals surface area contributed by atoms with Crippen LogP contribution in [0, 0.1) is 11.7 Å². The summed E-state index contributed by atoms with van der Waals surface area (Å²) in [5.74, 6) is -1.23. The van der Waals surface area contributed by atoms with Crippen LogP contribution in [0.3, 0.4) is 0 Å². The number of halogens is 1. The lowest BCUT2D eigenvalue weighted by atomic mass is 9.85. The maximum atomic E-state index is 13.1. The van der Waals surface area contributed by atoms with E-state index in [0.29, 0.717) is 11.5 Å². The predicted molar refractivity (Wildman–Crippen MR) is 100.0 cm³/mol. The van der Waals surface area contributed by atoms with Gasteiger partial charge in [-0.2, -0.15) is 0 Å². The molecule has 0 bridgehead atoms. The van der Waals surface area contributed by atoms with Crippen LogP contribution in [-0.2, 0) is 20.8 Å². The van der Waals surface area contributed by atoms with Gasteiger partial charge in [-0.25, -0.2) is 4.39 Å². The zero-order valence-corrected chi connectivity index (χ0v) is 15.7. The van der Waals surface area contributed by atoms with E-state index >= 15 is 0 Å². The molecule has 3 rings (SSSR count).